The van der Waals surface area contributed by atoms with E-state index >= 15 is 0 Å². The highest BCUT2D eigenvalue weighted by atomic mass is 32.2. The summed E-state index contributed by atoms with van der Waals surface area (Å²) in [7, 11) is -3.77. The van der Waals surface area contributed by atoms with Gasteiger partial charge < -0.3 is 14.4 Å². The topological polar surface area (TPSA) is 88.8 Å². The number of fused-ring (bicyclic) bond motifs is 1. The maximum absolute atomic E-state index is 13.5. The largest absolute Gasteiger partial charge is 0.480 e. The molecule has 7 nitrogen and oxygen atoms in total. The Labute approximate surface area is 159 Å². The number of aromatic nitrogens is 1. The lowest BCUT2D eigenvalue weighted by atomic mass is 10.1. The van der Waals surface area contributed by atoms with E-state index in [1.165, 1.54) is 4.31 Å². The van der Waals surface area contributed by atoms with Crippen LogP contribution in [0.3, 0.4) is 0 Å². The molecule has 1 N–H and O–H groups in total. The highest BCUT2D eigenvalue weighted by Crippen LogP contribution is 2.34. The van der Waals surface area contributed by atoms with Crippen molar-refractivity contribution in [1.29, 1.82) is 0 Å². The summed E-state index contributed by atoms with van der Waals surface area (Å²) >= 11 is 0. The predicted octanol–water partition coefficient (Wildman–Crippen LogP) is 2.26. The number of sulfonamides is 1. The number of ether oxygens (including phenoxy) is 1. The Morgan fingerprint density at radius 1 is 1.22 bits per heavy atom. The van der Waals surface area contributed by atoms with Gasteiger partial charge in [0.1, 0.15) is 6.61 Å². The molecule has 1 atom stereocenters. The molecule has 1 aromatic heterocycles. The van der Waals surface area contributed by atoms with Crippen molar-refractivity contribution in [2.75, 3.05) is 19.8 Å². The summed E-state index contributed by atoms with van der Waals surface area (Å²) in [4.78, 5) is 11.1. The lowest BCUT2D eigenvalue weighted by molar-refractivity contribution is -0.142. The third-order valence-corrected chi connectivity index (χ3v) is 7.00. The summed E-state index contributed by atoms with van der Waals surface area (Å²) in [5.41, 5.74) is 3.23. The summed E-state index contributed by atoms with van der Waals surface area (Å²) in [6.45, 7) is 5.91. The fourth-order valence-corrected chi connectivity index (χ4v) is 5.84. The van der Waals surface area contributed by atoms with E-state index in [-0.39, 0.29) is 6.61 Å². The van der Waals surface area contributed by atoms with Gasteiger partial charge in [-0.2, -0.15) is 4.31 Å². The third kappa shape index (κ3) is 3.78. The van der Waals surface area contributed by atoms with Gasteiger partial charge in [-0.3, -0.25) is 0 Å². The van der Waals surface area contributed by atoms with E-state index in [2.05, 4.69) is 0 Å². The Morgan fingerprint density at radius 3 is 2.52 bits per heavy atom. The van der Waals surface area contributed by atoms with E-state index in [1.54, 1.807) is 13.8 Å². The molecular weight excluding hydrogens is 368 g/mol. The quantitative estimate of drug-likeness (QED) is 0.815. The molecule has 1 aromatic carbocycles. The second-order valence-corrected chi connectivity index (χ2v) is 8.72. The number of hydrogen-bond acceptors (Lipinski definition) is 4. The van der Waals surface area contributed by atoms with Crippen molar-refractivity contribution >= 4 is 16.0 Å². The van der Waals surface area contributed by atoms with E-state index in [9.17, 15) is 13.2 Å². The maximum atomic E-state index is 13.5. The van der Waals surface area contributed by atoms with Crippen LogP contribution >= 0.6 is 0 Å². The van der Waals surface area contributed by atoms with Gasteiger partial charge in [0.05, 0.1) is 17.5 Å². The average molecular weight is 392 g/mol. The summed E-state index contributed by atoms with van der Waals surface area (Å²) in [6.07, 6.45) is 1.89. The van der Waals surface area contributed by atoms with Crippen LogP contribution in [0.5, 0.6) is 0 Å². The number of carbonyl (C=O) groups is 1. The Kier molecular flexibility index (Phi) is 5.41. The number of aryl methyl sites for hydroxylation is 3. The van der Waals surface area contributed by atoms with E-state index < -0.39 is 28.6 Å². The molecule has 0 saturated carbocycles. The molecule has 0 bridgehead atoms. The van der Waals surface area contributed by atoms with Gasteiger partial charge in [0.2, 0.25) is 10.0 Å². The average Bonchev–Trinajstić information content (AvgIpc) is 3.02. The van der Waals surface area contributed by atoms with Crippen LogP contribution in [0.4, 0.5) is 0 Å². The molecule has 0 saturated heterocycles. The normalized spacial score (nSPS) is 17.7. The van der Waals surface area contributed by atoms with Crippen molar-refractivity contribution in [3.8, 4) is 0 Å². The minimum absolute atomic E-state index is 0.0144. The Morgan fingerprint density at radius 2 is 1.89 bits per heavy atom. The molecule has 146 valence electrons. The van der Waals surface area contributed by atoms with Crippen LogP contribution in [0.2, 0.25) is 0 Å². The zero-order valence-corrected chi connectivity index (χ0v) is 16.5. The molecule has 0 amide bonds. The fourth-order valence-electron chi connectivity index (χ4n) is 3.85. The summed E-state index contributed by atoms with van der Waals surface area (Å²) in [6, 6.07) is 6.87. The van der Waals surface area contributed by atoms with Crippen molar-refractivity contribution in [2.45, 2.75) is 38.3 Å². The Bertz CT molecular complexity index is 941. The van der Waals surface area contributed by atoms with Gasteiger partial charge in [-0.1, -0.05) is 17.7 Å². The van der Waals surface area contributed by atoms with Gasteiger partial charge in [0.15, 0.2) is 0 Å². The number of rotatable bonds is 6. The molecule has 1 aliphatic heterocycles. The molecule has 1 aliphatic rings. The van der Waals surface area contributed by atoms with Gasteiger partial charge in [0.25, 0.3) is 0 Å². The number of carboxylic acid groups (broad SMARTS) is 1. The van der Waals surface area contributed by atoms with Crippen molar-refractivity contribution in [2.24, 2.45) is 0 Å². The van der Waals surface area contributed by atoms with E-state index in [1.807, 2.05) is 42.0 Å². The van der Waals surface area contributed by atoms with Crippen LogP contribution < -0.4 is 0 Å². The van der Waals surface area contributed by atoms with Crippen LogP contribution in [0, 0.1) is 20.8 Å². The van der Waals surface area contributed by atoms with E-state index in [0.29, 0.717) is 29.1 Å². The first-order chi connectivity index (χ1) is 12.7. The van der Waals surface area contributed by atoms with E-state index in [4.69, 9.17) is 9.84 Å². The van der Waals surface area contributed by atoms with Crippen LogP contribution in [0.25, 0.3) is 0 Å². The van der Waals surface area contributed by atoms with Crippen molar-refractivity contribution < 1.29 is 23.1 Å². The van der Waals surface area contributed by atoms with Crippen LogP contribution in [0.15, 0.2) is 35.4 Å². The minimum atomic E-state index is -3.77. The maximum Gasteiger partial charge on any atom is 0.329 e. The molecule has 8 heteroatoms. The number of carboxylic acids is 1. The molecule has 1 unspecified atom stereocenters. The molecular formula is C19H24N2O5S. The Balaban J connectivity index is 2.01. The van der Waals surface area contributed by atoms with Gasteiger partial charge in [0, 0.05) is 25.0 Å². The highest BCUT2D eigenvalue weighted by Gasteiger charge is 2.38. The number of aliphatic carboxylic acids is 1. The lowest BCUT2D eigenvalue weighted by Gasteiger charge is -2.36. The first-order valence-corrected chi connectivity index (χ1v) is 10.2. The first-order valence-electron chi connectivity index (χ1n) is 8.76. The fraction of sp³-hybridized carbons (Fsp3) is 0.421. The second-order valence-electron chi connectivity index (χ2n) is 6.89. The first kappa shape index (κ1) is 19.6. The monoisotopic (exact) mass is 392 g/mol. The number of nitrogens with zero attached hydrogens (tertiary/aromatic N) is 2. The van der Waals surface area contributed by atoms with Crippen molar-refractivity contribution in [1.82, 2.24) is 8.87 Å². The van der Waals surface area contributed by atoms with E-state index in [0.717, 1.165) is 11.3 Å². The molecule has 2 heterocycles. The minimum Gasteiger partial charge on any atom is -0.480 e. The zero-order chi connectivity index (χ0) is 19.8. The summed E-state index contributed by atoms with van der Waals surface area (Å²) < 4.78 is 35.8. The van der Waals surface area contributed by atoms with Crippen LogP contribution in [-0.2, 0) is 26.1 Å². The zero-order valence-electron chi connectivity index (χ0n) is 15.7. The van der Waals surface area contributed by atoms with Crippen LogP contribution in [0.1, 0.15) is 28.4 Å². The molecule has 0 fully saturated rings. The molecule has 3 rings (SSSR count). The summed E-state index contributed by atoms with van der Waals surface area (Å²) in [5.74, 6) is -1.08. The van der Waals surface area contributed by atoms with Gasteiger partial charge >= 0.3 is 5.97 Å². The van der Waals surface area contributed by atoms with Crippen molar-refractivity contribution in [3.63, 3.8) is 0 Å². The molecule has 0 spiro atoms. The molecule has 27 heavy (non-hydrogen) atoms. The third-order valence-electron chi connectivity index (χ3n) is 4.79. The predicted molar refractivity (Wildman–Crippen MR) is 100 cm³/mol. The smallest absolute Gasteiger partial charge is 0.329 e. The number of hydrogen-bond donors (Lipinski definition) is 1. The van der Waals surface area contributed by atoms with Gasteiger partial charge in [-0.15, -0.1) is 0 Å². The molecule has 0 radical (unpaired) electrons. The van der Waals surface area contributed by atoms with Gasteiger partial charge in [-0.05, 0) is 44.0 Å². The van der Waals surface area contributed by atoms with Gasteiger partial charge in [-0.25, -0.2) is 13.2 Å². The molecule has 2 aromatic rings. The molecule has 0 aliphatic carbocycles. The SMILES string of the molecule is Cc1cc(C)c(S(=O)(=O)N2CCn3cccc3C2COCC(=O)O)c(C)c1. The lowest BCUT2D eigenvalue weighted by Crippen LogP contribution is -2.44. The summed E-state index contributed by atoms with van der Waals surface area (Å²) in [5, 5.41) is 8.84. The van der Waals surface area contributed by atoms with Crippen molar-refractivity contribution in [3.05, 3.63) is 52.8 Å². The standard InChI is InChI=1S/C19H24N2O5S/c1-13-9-14(2)19(15(3)10-13)27(24,25)21-8-7-20-6-4-5-16(20)17(21)11-26-12-18(22)23/h4-6,9-10,17H,7-8,11-12H2,1-3H3,(H,22,23). The highest BCUT2D eigenvalue weighted by molar-refractivity contribution is 7.89. The van der Waals surface area contributed by atoms with Crippen LogP contribution in [-0.4, -0.2) is 48.1 Å². The Hall–Kier alpha value is -2.16. The second kappa shape index (κ2) is 7.46. The number of benzene rings is 1.